The Morgan fingerprint density at radius 2 is 1.70 bits per heavy atom. The van der Waals surface area contributed by atoms with Crippen LogP contribution >= 0.6 is 0 Å². The van der Waals surface area contributed by atoms with E-state index >= 15 is 0 Å². The van der Waals surface area contributed by atoms with Crippen LogP contribution in [0.2, 0.25) is 0 Å². The molecule has 23 heavy (non-hydrogen) atoms. The Balaban J connectivity index is 3.26. The first-order valence-corrected chi connectivity index (χ1v) is 8.12. The standard InChI is InChI=1S/C15H21F4NO2S/c1-13(2,3)23(22)20-14(4,9-12(21)15(17,18)19)10-7-5-6-8-11(10)16/h5-8,12,20-21H,9H2,1-4H3/t12-,14+,23-/m1/s1. The van der Waals surface area contributed by atoms with E-state index in [0.29, 0.717) is 0 Å². The molecular formula is C15H21F4NO2S. The van der Waals surface area contributed by atoms with Crippen molar-refractivity contribution in [3.05, 3.63) is 35.6 Å². The Hall–Kier alpha value is -0.990. The third kappa shape index (κ3) is 5.26. The molecule has 0 bridgehead atoms. The first kappa shape index (κ1) is 20.1. The third-order valence-electron chi connectivity index (χ3n) is 3.32. The smallest absolute Gasteiger partial charge is 0.384 e. The van der Waals surface area contributed by atoms with Gasteiger partial charge in [0.15, 0.2) is 6.10 Å². The van der Waals surface area contributed by atoms with Crippen molar-refractivity contribution in [2.75, 3.05) is 0 Å². The van der Waals surface area contributed by atoms with Crippen LogP contribution in [0.25, 0.3) is 0 Å². The topological polar surface area (TPSA) is 49.3 Å². The zero-order valence-corrected chi connectivity index (χ0v) is 14.2. The molecule has 0 aromatic heterocycles. The number of hydrogen-bond donors (Lipinski definition) is 2. The van der Waals surface area contributed by atoms with Crippen LogP contribution in [0.1, 0.15) is 39.7 Å². The van der Waals surface area contributed by atoms with E-state index < -0.39 is 45.8 Å². The van der Waals surface area contributed by atoms with Crippen molar-refractivity contribution >= 4 is 11.0 Å². The van der Waals surface area contributed by atoms with Gasteiger partial charge in [-0.05, 0) is 33.8 Å². The molecule has 3 nitrogen and oxygen atoms in total. The second-order valence-corrected chi connectivity index (χ2v) is 8.52. The Bertz CT molecular complexity index is 571. The number of aliphatic hydroxyl groups excluding tert-OH is 1. The second kappa shape index (κ2) is 6.86. The van der Waals surface area contributed by atoms with E-state index in [4.69, 9.17) is 0 Å². The minimum absolute atomic E-state index is 0.0825. The lowest BCUT2D eigenvalue weighted by Crippen LogP contribution is -2.50. The summed E-state index contributed by atoms with van der Waals surface area (Å²) >= 11 is 0. The van der Waals surface area contributed by atoms with Crippen molar-refractivity contribution in [1.29, 1.82) is 0 Å². The highest BCUT2D eigenvalue weighted by Crippen LogP contribution is 2.34. The summed E-state index contributed by atoms with van der Waals surface area (Å²) < 4.78 is 66.3. The van der Waals surface area contributed by atoms with Crippen LogP contribution < -0.4 is 4.72 Å². The largest absolute Gasteiger partial charge is 0.414 e. The summed E-state index contributed by atoms with van der Waals surface area (Å²) in [6.45, 7) is 6.21. The molecule has 0 spiro atoms. The van der Waals surface area contributed by atoms with Gasteiger partial charge >= 0.3 is 6.18 Å². The molecule has 0 unspecified atom stereocenters. The molecule has 0 fully saturated rings. The fourth-order valence-corrected chi connectivity index (χ4v) is 2.88. The molecule has 0 heterocycles. The Morgan fingerprint density at radius 1 is 1.17 bits per heavy atom. The van der Waals surface area contributed by atoms with Gasteiger partial charge in [-0.25, -0.2) is 13.3 Å². The molecule has 132 valence electrons. The third-order valence-corrected chi connectivity index (χ3v) is 5.07. The summed E-state index contributed by atoms with van der Waals surface area (Å²) in [5, 5.41) is 9.40. The summed E-state index contributed by atoms with van der Waals surface area (Å²) in [4.78, 5) is 0. The van der Waals surface area contributed by atoms with Gasteiger partial charge in [0.2, 0.25) is 0 Å². The summed E-state index contributed by atoms with van der Waals surface area (Å²) in [7, 11) is -1.75. The van der Waals surface area contributed by atoms with Crippen molar-refractivity contribution in [3.8, 4) is 0 Å². The molecule has 1 aromatic carbocycles. The van der Waals surface area contributed by atoms with Gasteiger partial charge in [-0.1, -0.05) is 18.2 Å². The van der Waals surface area contributed by atoms with E-state index in [2.05, 4.69) is 4.72 Å². The van der Waals surface area contributed by atoms with Crippen LogP contribution in [-0.2, 0) is 16.5 Å². The number of benzene rings is 1. The maximum Gasteiger partial charge on any atom is 0.414 e. The minimum Gasteiger partial charge on any atom is -0.384 e. The first-order chi connectivity index (χ1) is 10.3. The molecule has 0 aliphatic rings. The van der Waals surface area contributed by atoms with Crippen LogP contribution in [0.5, 0.6) is 0 Å². The summed E-state index contributed by atoms with van der Waals surface area (Å²) in [5.74, 6) is -0.734. The number of rotatable bonds is 5. The molecule has 0 aliphatic carbocycles. The van der Waals surface area contributed by atoms with Crippen molar-refractivity contribution in [3.63, 3.8) is 0 Å². The molecule has 0 saturated heterocycles. The van der Waals surface area contributed by atoms with E-state index in [0.717, 1.165) is 6.07 Å². The highest BCUT2D eigenvalue weighted by molar-refractivity contribution is 7.84. The molecule has 2 N–H and O–H groups in total. The van der Waals surface area contributed by atoms with Gasteiger partial charge in [0.05, 0.1) is 21.3 Å². The van der Waals surface area contributed by atoms with Crippen LogP contribution in [-0.4, -0.2) is 26.3 Å². The monoisotopic (exact) mass is 355 g/mol. The molecule has 1 rings (SSSR count). The number of nitrogens with one attached hydrogen (secondary N) is 1. The lowest BCUT2D eigenvalue weighted by Gasteiger charge is -2.35. The SMILES string of the molecule is CC(C)(C)[S@@](=O)N[C@@](C)(C[C@@H](O)C(F)(F)F)c1ccccc1F. The van der Waals surface area contributed by atoms with Gasteiger partial charge in [-0.3, -0.25) is 0 Å². The van der Waals surface area contributed by atoms with E-state index in [1.807, 2.05) is 0 Å². The van der Waals surface area contributed by atoms with Crippen LogP contribution in [0.15, 0.2) is 24.3 Å². The number of alkyl halides is 3. The fraction of sp³-hybridized carbons (Fsp3) is 0.600. The molecular weight excluding hydrogens is 334 g/mol. The lowest BCUT2D eigenvalue weighted by molar-refractivity contribution is -0.209. The number of hydrogen-bond acceptors (Lipinski definition) is 2. The molecule has 0 aliphatic heterocycles. The van der Waals surface area contributed by atoms with Gasteiger partial charge in [-0.15, -0.1) is 0 Å². The molecule has 8 heteroatoms. The van der Waals surface area contributed by atoms with E-state index in [9.17, 15) is 26.9 Å². The molecule has 0 amide bonds. The molecule has 3 atom stereocenters. The number of aliphatic hydroxyl groups is 1. The van der Waals surface area contributed by atoms with Gasteiger partial charge in [0.1, 0.15) is 5.82 Å². The van der Waals surface area contributed by atoms with Crippen molar-refractivity contribution in [2.45, 2.75) is 56.7 Å². The normalized spacial score (nSPS) is 18.3. The fourth-order valence-electron chi connectivity index (χ4n) is 1.98. The summed E-state index contributed by atoms with van der Waals surface area (Å²) in [6, 6.07) is 5.29. The zero-order chi connectivity index (χ0) is 18.1. The first-order valence-electron chi connectivity index (χ1n) is 6.97. The second-order valence-electron chi connectivity index (χ2n) is 6.56. The zero-order valence-electron chi connectivity index (χ0n) is 13.4. The Kier molecular flexibility index (Phi) is 5.98. The summed E-state index contributed by atoms with van der Waals surface area (Å²) in [5.41, 5.74) is -1.74. The average molecular weight is 355 g/mol. The molecule has 0 radical (unpaired) electrons. The lowest BCUT2D eigenvalue weighted by atomic mass is 9.87. The van der Waals surface area contributed by atoms with Crippen LogP contribution in [0, 0.1) is 5.82 Å². The Morgan fingerprint density at radius 3 is 2.13 bits per heavy atom. The van der Waals surface area contributed by atoms with Gasteiger partial charge in [-0.2, -0.15) is 13.2 Å². The minimum atomic E-state index is -4.85. The van der Waals surface area contributed by atoms with Crippen LogP contribution in [0.3, 0.4) is 0 Å². The van der Waals surface area contributed by atoms with Gasteiger partial charge in [0.25, 0.3) is 0 Å². The summed E-state index contributed by atoms with van der Waals surface area (Å²) in [6.07, 6.45) is -8.38. The Labute approximate surface area is 135 Å². The molecule has 0 saturated carbocycles. The van der Waals surface area contributed by atoms with Crippen molar-refractivity contribution < 1.29 is 26.9 Å². The maximum absolute atomic E-state index is 14.1. The average Bonchev–Trinajstić information content (AvgIpc) is 2.36. The predicted molar refractivity (Wildman–Crippen MR) is 81.5 cm³/mol. The van der Waals surface area contributed by atoms with Gasteiger partial charge < -0.3 is 5.11 Å². The quantitative estimate of drug-likeness (QED) is 0.796. The molecule has 1 aromatic rings. The maximum atomic E-state index is 14.1. The highest BCUT2D eigenvalue weighted by atomic mass is 32.2. The van der Waals surface area contributed by atoms with Crippen molar-refractivity contribution in [1.82, 2.24) is 4.72 Å². The number of halogens is 4. The van der Waals surface area contributed by atoms with E-state index in [1.165, 1.54) is 25.1 Å². The van der Waals surface area contributed by atoms with E-state index in [-0.39, 0.29) is 5.56 Å². The van der Waals surface area contributed by atoms with Crippen molar-refractivity contribution in [2.24, 2.45) is 0 Å². The van der Waals surface area contributed by atoms with Crippen LogP contribution in [0.4, 0.5) is 17.6 Å². The predicted octanol–water partition coefficient (Wildman–Crippen LogP) is 3.41. The highest BCUT2D eigenvalue weighted by Gasteiger charge is 2.45. The van der Waals surface area contributed by atoms with Gasteiger partial charge in [0, 0.05) is 12.0 Å². The van der Waals surface area contributed by atoms with E-state index in [1.54, 1.807) is 20.8 Å².